The van der Waals surface area contributed by atoms with Gasteiger partial charge in [0.2, 0.25) is 5.91 Å². The second-order valence-corrected chi connectivity index (χ2v) is 7.75. The summed E-state index contributed by atoms with van der Waals surface area (Å²) in [5.41, 5.74) is 0.396. The number of alkyl halides is 3. The average Bonchev–Trinajstić information content (AvgIpc) is 2.91. The number of anilines is 1. The first kappa shape index (κ1) is 19.0. The van der Waals surface area contributed by atoms with E-state index in [1.165, 1.54) is 13.0 Å². The van der Waals surface area contributed by atoms with Crippen LogP contribution in [0.25, 0.3) is 0 Å². The van der Waals surface area contributed by atoms with Gasteiger partial charge in [0.15, 0.2) is 9.84 Å². The zero-order valence-electron chi connectivity index (χ0n) is 13.2. The van der Waals surface area contributed by atoms with Crippen molar-refractivity contribution in [2.75, 3.05) is 5.32 Å². The maximum Gasteiger partial charge on any atom is 0.408 e. The van der Waals surface area contributed by atoms with Gasteiger partial charge in [-0.05, 0) is 25.1 Å². The number of halogens is 3. The van der Waals surface area contributed by atoms with Gasteiger partial charge in [-0.2, -0.15) is 18.3 Å². The number of nitrogens with one attached hydrogen (secondary N) is 1. The van der Waals surface area contributed by atoms with Gasteiger partial charge in [-0.15, -0.1) is 0 Å². The van der Waals surface area contributed by atoms with Gasteiger partial charge in [-0.25, -0.2) is 8.42 Å². The van der Waals surface area contributed by atoms with Gasteiger partial charge in [-0.1, -0.05) is 18.2 Å². The Morgan fingerprint density at radius 1 is 1.24 bits per heavy atom. The van der Waals surface area contributed by atoms with Crippen LogP contribution in [0.5, 0.6) is 0 Å². The van der Waals surface area contributed by atoms with E-state index in [1.54, 1.807) is 30.3 Å². The van der Waals surface area contributed by atoms with Crippen LogP contribution in [-0.4, -0.2) is 35.5 Å². The van der Waals surface area contributed by atoms with Gasteiger partial charge in [-0.3, -0.25) is 9.48 Å². The quantitative estimate of drug-likeness (QED) is 0.841. The molecule has 25 heavy (non-hydrogen) atoms. The van der Waals surface area contributed by atoms with Gasteiger partial charge in [0.25, 0.3) is 0 Å². The Labute approximate surface area is 142 Å². The molecule has 10 heteroatoms. The lowest BCUT2D eigenvalue weighted by Crippen LogP contribution is -2.33. The first-order chi connectivity index (χ1) is 11.6. The highest BCUT2D eigenvalue weighted by atomic mass is 32.2. The first-order valence-electron chi connectivity index (χ1n) is 7.23. The van der Waals surface area contributed by atoms with Crippen molar-refractivity contribution in [3.05, 3.63) is 48.3 Å². The van der Waals surface area contributed by atoms with Crippen LogP contribution in [0.1, 0.15) is 12.6 Å². The van der Waals surface area contributed by atoms with Crippen molar-refractivity contribution in [1.82, 2.24) is 9.78 Å². The molecule has 1 unspecified atom stereocenters. The third kappa shape index (κ3) is 5.59. The highest BCUT2D eigenvalue weighted by molar-refractivity contribution is 7.92. The van der Waals surface area contributed by atoms with Crippen molar-refractivity contribution >= 4 is 21.4 Å². The van der Waals surface area contributed by atoms with E-state index < -0.39 is 39.5 Å². The number of hydrogen-bond acceptors (Lipinski definition) is 4. The molecule has 1 amide bonds. The number of benzene rings is 1. The number of carbonyl (C=O) groups is 1. The molecule has 6 nitrogen and oxygen atoms in total. The van der Waals surface area contributed by atoms with Crippen molar-refractivity contribution in [1.29, 1.82) is 0 Å². The lowest BCUT2D eigenvalue weighted by Gasteiger charge is -2.12. The van der Waals surface area contributed by atoms with E-state index in [4.69, 9.17) is 0 Å². The average molecular weight is 375 g/mol. The highest BCUT2D eigenvalue weighted by Crippen LogP contribution is 2.18. The number of rotatable bonds is 6. The molecule has 0 saturated carbocycles. The molecule has 1 atom stereocenters. The van der Waals surface area contributed by atoms with Crippen molar-refractivity contribution in [3.63, 3.8) is 0 Å². The van der Waals surface area contributed by atoms with E-state index in [1.807, 2.05) is 0 Å². The molecule has 0 bridgehead atoms. The summed E-state index contributed by atoms with van der Waals surface area (Å²) in [6.07, 6.45) is -3.40. The standard InChI is InChI=1S/C15H16F3N3O3S/c1-11(14(22)19-12-5-3-2-4-6-12)25(23,24)9-13-7-8-21(20-13)10-15(16,17)18/h2-8,11H,9-10H2,1H3,(H,19,22). The summed E-state index contributed by atoms with van der Waals surface area (Å²) in [5.74, 6) is -1.35. The minimum Gasteiger partial charge on any atom is -0.325 e. The molecule has 0 aliphatic carbocycles. The molecule has 136 valence electrons. The van der Waals surface area contributed by atoms with Gasteiger partial charge in [0, 0.05) is 11.9 Å². The van der Waals surface area contributed by atoms with Crippen LogP contribution in [0.4, 0.5) is 18.9 Å². The summed E-state index contributed by atoms with van der Waals surface area (Å²) in [5, 5.41) is 4.70. The predicted octanol–water partition coefficient (Wildman–Crippen LogP) is 2.39. The fourth-order valence-corrected chi connectivity index (χ4v) is 3.21. The first-order valence-corrected chi connectivity index (χ1v) is 8.95. The maximum absolute atomic E-state index is 12.3. The maximum atomic E-state index is 12.3. The molecule has 1 aromatic carbocycles. The normalized spacial score (nSPS) is 13.4. The summed E-state index contributed by atoms with van der Waals surface area (Å²) in [7, 11) is -3.93. The molecule has 2 aromatic rings. The Hall–Kier alpha value is -2.36. The van der Waals surface area contributed by atoms with E-state index in [9.17, 15) is 26.4 Å². The van der Waals surface area contributed by atoms with Crippen LogP contribution in [0.15, 0.2) is 42.6 Å². The summed E-state index contributed by atoms with van der Waals surface area (Å²) >= 11 is 0. The lowest BCUT2D eigenvalue weighted by molar-refractivity contribution is -0.142. The van der Waals surface area contributed by atoms with E-state index in [-0.39, 0.29) is 5.69 Å². The molecule has 0 radical (unpaired) electrons. The summed E-state index contributed by atoms with van der Waals surface area (Å²) in [4.78, 5) is 12.1. The van der Waals surface area contributed by atoms with Gasteiger partial charge < -0.3 is 5.32 Å². The zero-order valence-corrected chi connectivity index (χ0v) is 14.0. The number of nitrogens with zero attached hydrogens (tertiary/aromatic N) is 2. The second-order valence-electron chi connectivity index (χ2n) is 5.42. The SMILES string of the molecule is CC(C(=O)Nc1ccccc1)S(=O)(=O)Cc1ccn(CC(F)(F)F)n1. The van der Waals surface area contributed by atoms with Crippen LogP contribution in [0.2, 0.25) is 0 Å². The van der Waals surface area contributed by atoms with E-state index in [0.717, 1.165) is 6.20 Å². The summed E-state index contributed by atoms with van der Waals surface area (Å²) in [6, 6.07) is 9.51. The van der Waals surface area contributed by atoms with Crippen LogP contribution in [0, 0.1) is 0 Å². The molecule has 0 fully saturated rings. The van der Waals surface area contributed by atoms with E-state index in [0.29, 0.717) is 10.4 Å². The molecule has 2 rings (SSSR count). The molecular weight excluding hydrogens is 359 g/mol. The molecular formula is C15H16F3N3O3S. The molecule has 0 aliphatic heterocycles. The highest BCUT2D eigenvalue weighted by Gasteiger charge is 2.31. The van der Waals surface area contributed by atoms with Crippen LogP contribution < -0.4 is 5.32 Å². The van der Waals surface area contributed by atoms with Crippen LogP contribution >= 0.6 is 0 Å². The fraction of sp³-hybridized carbons (Fsp3) is 0.333. The Bertz CT molecular complexity index is 832. The minimum absolute atomic E-state index is 0.0522. The molecule has 0 saturated heterocycles. The van der Waals surface area contributed by atoms with Crippen molar-refractivity contribution in [3.8, 4) is 0 Å². The number of carbonyl (C=O) groups excluding carboxylic acids is 1. The largest absolute Gasteiger partial charge is 0.408 e. The van der Waals surface area contributed by atoms with Gasteiger partial charge >= 0.3 is 6.18 Å². The number of aromatic nitrogens is 2. The Morgan fingerprint density at radius 2 is 1.88 bits per heavy atom. The van der Waals surface area contributed by atoms with E-state index in [2.05, 4.69) is 10.4 Å². The van der Waals surface area contributed by atoms with E-state index >= 15 is 0 Å². The van der Waals surface area contributed by atoms with Gasteiger partial charge in [0.05, 0.1) is 11.4 Å². The number of sulfone groups is 1. The zero-order chi connectivity index (χ0) is 18.7. The molecule has 1 aromatic heterocycles. The molecule has 1 heterocycles. The Morgan fingerprint density at radius 3 is 2.48 bits per heavy atom. The monoisotopic (exact) mass is 375 g/mol. The van der Waals surface area contributed by atoms with Crippen LogP contribution in [0.3, 0.4) is 0 Å². The Kier molecular flexibility index (Phi) is 5.51. The summed E-state index contributed by atoms with van der Waals surface area (Å²) in [6.45, 7) is -0.0859. The van der Waals surface area contributed by atoms with Crippen molar-refractivity contribution < 1.29 is 26.4 Å². The minimum atomic E-state index is -4.45. The topological polar surface area (TPSA) is 81.1 Å². The lowest BCUT2D eigenvalue weighted by atomic mass is 10.3. The molecule has 0 aliphatic rings. The third-order valence-electron chi connectivity index (χ3n) is 3.34. The third-order valence-corrected chi connectivity index (χ3v) is 5.33. The van der Waals surface area contributed by atoms with Crippen molar-refractivity contribution in [2.45, 2.75) is 30.6 Å². The Balaban J connectivity index is 2.04. The predicted molar refractivity (Wildman–Crippen MR) is 85.4 cm³/mol. The smallest absolute Gasteiger partial charge is 0.325 e. The second kappa shape index (κ2) is 7.26. The van der Waals surface area contributed by atoms with Gasteiger partial charge in [0.1, 0.15) is 11.8 Å². The fourth-order valence-electron chi connectivity index (χ4n) is 2.01. The van der Waals surface area contributed by atoms with Crippen LogP contribution in [-0.2, 0) is 26.9 Å². The van der Waals surface area contributed by atoms with Crippen molar-refractivity contribution in [2.24, 2.45) is 0 Å². The number of para-hydroxylation sites is 1. The number of hydrogen-bond donors (Lipinski definition) is 1. The molecule has 0 spiro atoms. The summed E-state index contributed by atoms with van der Waals surface area (Å²) < 4.78 is 62.1. The number of amides is 1. The molecule has 1 N–H and O–H groups in total.